The first-order chi connectivity index (χ1) is 7.59. The van der Waals surface area contributed by atoms with Gasteiger partial charge in [0.1, 0.15) is 0 Å². The summed E-state index contributed by atoms with van der Waals surface area (Å²) in [4.78, 5) is 15.6. The molecule has 0 aromatic carbocycles. The van der Waals surface area contributed by atoms with E-state index in [4.69, 9.17) is 0 Å². The van der Waals surface area contributed by atoms with Crippen LogP contribution in [0.15, 0.2) is 24.5 Å². The Bertz CT molecular complexity index is 322. The van der Waals surface area contributed by atoms with Crippen LogP contribution in [0.1, 0.15) is 32.8 Å². The van der Waals surface area contributed by atoms with Crippen LogP contribution in [-0.2, 0) is 11.2 Å². The van der Waals surface area contributed by atoms with E-state index < -0.39 is 0 Å². The molecule has 1 heterocycles. The van der Waals surface area contributed by atoms with Gasteiger partial charge in [0.2, 0.25) is 5.91 Å². The number of nitrogens with zero attached hydrogens (tertiary/aromatic N) is 1. The molecule has 1 unspecified atom stereocenters. The fourth-order valence-electron chi connectivity index (χ4n) is 1.30. The molecule has 1 aromatic heterocycles. The van der Waals surface area contributed by atoms with Gasteiger partial charge in [-0.05, 0) is 30.9 Å². The summed E-state index contributed by atoms with van der Waals surface area (Å²) < 4.78 is 0. The average molecular weight is 220 g/mol. The minimum atomic E-state index is 0.116. The Morgan fingerprint density at radius 1 is 1.44 bits per heavy atom. The number of hydrogen-bond donors (Lipinski definition) is 1. The van der Waals surface area contributed by atoms with Gasteiger partial charge in [0.05, 0.1) is 0 Å². The Morgan fingerprint density at radius 2 is 2.19 bits per heavy atom. The topological polar surface area (TPSA) is 42.0 Å². The molecule has 88 valence electrons. The van der Waals surface area contributed by atoms with Crippen molar-refractivity contribution in [1.82, 2.24) is 10.3 Å². The monoisotopic (exact) mass is 220 g/mol. The summed E-state index contributed by atoms with van der Waals surface area (Å²) in [6.45, 7) is 6.24. The summed E-state index contributed by atoms with van der Waals surface area (Å²) in [6, 6.07) is 4.12. The van der Waals surface area contributed by atoms with Crippen molar-refractivity contribution in [2.75, 3.05) is 0 Å². The maximum atomic E-state index is 11.6. The van der Waals surface area contributed by atoms with E-state index in [1.54, 1.807) is 12.4 Å². The summed E-state index contributed by atoms with van der Waals surface area (Å²) in [5.74, 6) is 0.590. The predicted octanol–water partition coefficient (Wildman–Crippen LogP) is 2.17. The van der Waals surface area contributed by atoms with Crippen LogP contribution >= 0.6 is 0 Å². The highest BCUT2D eigenvalue weighted by Crippen LogP contribution is 2.03. The Morgan fingerprint density at radius 3 is 2.75 bits per heavy atom. The van der Waals surface area contributed by atoms with Crippen molar-refractivity contribution in [3.63, 3.8) is 0 Å². The van der Waals surface area contributed by atoms with Crippen molar-refractivity contribution >= 4 is 5.91 Å². The van der Waals surface area contributed by atoms with E-state index in [2.05, 4.69) is 24.1 Å². The maximum Gasteiger partial charge on any atom is 0.220 e. The van der Waals surface area contributed by atoms with Gasteiger partial charge < -0.3 is 5.32 Å². The van der Waals surface area contributed by atoms with Crippen LogP contribution < -0.4 is 5.32 Å². The van der Waals surface area contributed by atoms with Crippen molar-refractivity contribution in [3.8, 4) is 0 Å². The fraction of sp³-hybridized carbons (Fsp3) is 0.538. The van der Waals surface area contributed by atoms with Gasteiger partial charge in [0.15, 0.2) is 0 Å². The molecular formula is C13H20N2O. The lowest BCUT2D eigenvalue weighted by Gasteiger charge is -2.17. The van der Waals surface area contributed by atoms with E-state index in [0.717, 1.165) is 12.0 Å². The molecule has 0 aliphatic carbocycles. The van der Waals surface area contributed by atoms with Gasteiger partial charge in [-0.25, -0.2) is 0 Å². The molecule has 0 spiro atoms. The largest absolute Gasteiger partial charge is 0.353 e. The zero-order valence-electron chi connectivity index (χ0n) is 10.2. The van der Waals surface area contributed by atoms with Gasteiger partial charge in [-0.3, -0.25) is 9.78 Å². The molecule has 1 amide bonds. The first kappa shape index (κ1) is 12.7. The number of rotatable bonds is 5. The SMILES string of the molecule is CC(C)C(C)NC(=O)CCc1cccnc1. The summed E-state index contributed by atoms with van der Waals surface area (Å²) in [6.07, 6.45) is 4.83. The third kappa shape index (κ3) is 4.43. The van der Waals surface area contributed by atoms with E-state index >= 15 is 0 Å². The van der Waals surface area contributed by atoms with Crippen molar-refractivity contribution in [2.45, 2.75) is 39.7 Å². The molecule has 3 heteroatoms. The van der Waals surface area contributed by atoms with Crippen LogP contribution in [0.25, 0.3) is 0 Å². The van der Waals surface area contributed by atoms with Crippen LogP contribution in [0.4, 0.5) is 0 Å². The van der Waals surface area contributed by atoms with E-state index in [9.17, 15) is 4.79 Å². The van der Waals surface area contributed by atoms with Crippen molar-refractivity contribution in [2.24, 2.45) is 5.92 Å². The van der Waals surface area contributed by atoms with Crippen molar-refractivity contribution < 1.29 is 4.79 Å². The molecule has 3 nitrogen and oxygen atoms in total. The molecular weight excluding hydrogens is 200 g/mol. The van der Waals surface area contributed by atoms with Gasteiger partial charge in [0.25, 0.3) is 0 Å². The second-order valence-electron chi connectivity index (χ2n) is 4.46. The average Bonchev–Trinajstić information content (AvgIpc) is 2.27. The molecule has 0 saturated heterocycles. The number of carbonyl (C=O) groups is 1. The lowest BCUT2D eigenvalue weighted by molar-refractivity contribution is -0.121. The molecule has 0 fully saturated rings. The highest BCUT2D eigenvalue weighted by molar-refractivity contribution is 5.76. The van der Waals surface area contributed by atoms with Crippen LogP contribution in [-0.4, -0.2) is 16.9 Å². The zero-order valence-corrected chi connectivity index (χ0v) is 10.2. The van der Waals surface area contributed by atoms with E-state index in [-0.39, 0.29) is 11.9 Å². The summed E-state index contributed by atoms with van der Waals surface area (Å²) in [5.41, 5.74) is 1.11. The Labute approximate surface area is 97.3 Å². The molecule has 0 aliphatic heterocycles. The smallest absolute Gasteiger partial charge is 0.220 e. The van der Waals surface area contributed by atoms with E-state index in [1.165, 1.54) is 0 Å². The van der Waals surface area contributed by atoms with Crippen LogP contribution in [0, 0.1) is 5.92 Å². The van der Waals surface area contributed by atoms with Crippen LogP contribution in [0.2, 0.25) is 0 Å². The number of pyridine rings is 1. The second-order valence-corrected chi connectivity index (χ2v) is 4.46. The van der Waals surface area contributed by atoms with Crippen LogP contribution in [0.5, 0.6) is 0 Å². The number of aryl methyl sites for hydroxylation is 1. The molecule has 0 radical (unpaired) electrons. The lowest BCUT2D eigenvalue weighted by atomic mass is 10.1. The van der Waals surface area contributed by atoms with Gasteiger partial charge in [-0.2, -0.15) is 0 Å². The highest BCUT2D eigenvalue weighted by Gasteiger charge is 2.10. The number of hydrogen-bond acceptors (Lipinski definition) is 2. The Kier molecular flexibility index (Phi) is 4.96. The fourth-order valence-corrected chi connectivity index (χ4v) is 1.30. The zero-order chi connectivity index (χ0) is 12.0. The quantitative estimate of drug-likeness (QED) is 0.826. The molecule has 1 atom stereocenters. The molecule has 1 aromatic rings. The molecule has 0 aliphatic rings. The minimum absolute atomic E-state index is 0.116. The van der Waals surface area contributed by atoms with Gasteiger partial charge >= 0.3 is 0 Å². The number of carbonyl (C=O) groups excluding carboxylic acids is 1. The first-order valence-corrected chi connectivity index (χ1v) is 5.78. The first-order valence-electron chi connectivity index (χ1n) is 5.78. The number of aromatic nitrogens is 1. The highest BCUT2D eigenvalue weighted by atomic mass is 16.1. The predicted molar refractivity (Wildman–Crippen MR) is 65.0 cm³/mol. The molecule has 0 bridgehead atoms. The number of nitrogens with one attached hydrogen (secondary N) is 1. The van der Waals surface area contributed by atoms with Gasteiger partial charge in [-0.1, -0.05) is 19.9 Å². The Hall–Kier alpha value is -1.38. The third-order valence-electron chi connectivity index (χ3n) is 2.75. The van der Waals surface area contributed by atoms with E-state index in [0.29, 0.717) is 12.3 Å². The third-order valence-corrected chi connectivity index (χ3v) is 2.75. The summed E-state index contributed by atoms with van der Waals surface area (Å²) >= 11 is 0. The Balaban J connectivity index is 2.31. The molecule has 1 N–H and O–H groups in total. The minimum Gasteiger partial charge on any atom is -0.353 e. The van der Waals surface area contributed by atoms with Crippen LogP contribution in [0.3, 0.4) is 0 Å². The van der Waals surface area contributed by atoms with Gasteiger partial charge in [-0.15, -0.1) is 0 Å². The second kappa shape index (κ2) is 6.26. The molecule has 1 rings (SSSR count). The normalized spacial score (nSPS) is 12.5. The van der Waals surface area contributed by atoms with Crippen molar-refractivity contribution in [3.05, 3.63) is 30.1 Å². The molecule has 0 saturated carbocycles. The van der Waals surface area contributed by atoms with Crippen molar-refractivity contribution in [1.29, 1.82) is 0 Å². The van der Waals surface area contributed by atoms with E-state index in [1.807, 2.05) is 19.1 Å². The maximum absolute atomic E-state index is 11.6. The molecule has 16 heavy (non-hydrogen) atoms. The standard InChI is InChI=1S/C13H20N2O/c1-10(2)11(3)15-13(16)7-6-12-5-4-8-14-9-12/h4-5,8-11H,6-7H2,1-3H3,(H,15,16). The number of amides is 1. The van der Waals surface area contributed by atoms with Gasteiger partial charge in [0, 0.05) is 24.9 Å². The lowest BCUT2D eigenvalue weighted by Crippen LogP contribution is -2.36. The summed E-state index contributed by atoms with van der Waals surface area (Å²) in [7, 11) is 0. The summed E-state index contributed by atoms with van der Waals surface area (Å²) in [5, 5.41) is 2.99.